The van der Waals surface area contributed by atoms with Gasteiger partial charge in [0.2, 0.25) is 0 Å². The standard InChI is InChI=1S/2C15H11NO3.Ca.H2O2.H2O/c2*17-14(18)9-16-12-7-3-1-5-10(12)15(19)11-6-2-4-8-13(11)16;;1-2;/h2*1-8H,9H2,(H,17,18);;1H2;1H2/q;;+2;;/p-2. The van der Waals surface area contributed by atoms with Crippen molar-refractivity contribution in [3.05, 3.63) is 118 Å². The summed E-state index contributed by atoms with van der Waals surface area (Å²) in [6.45, 7) is -0.553. The first-order chi connectivity index (χ1) is 19.4. The van der Waals surface area contributed by atoms with Gasteiger partial charge >= 0.3 is 37.7 Å². The van der Waals surface area contributed by atoms with Crippen molar-refractivity contribution in [3.63, 3.8) is 0 Å². The van der Waals surface area contributed by atoms with Gasteiger partial charge in [0.25, 0.3) is 0 Å². The number of carboxylic acids is 2. The number of hydrogen-bond donors (Lipinski definition) is 0. The molecule has 11 nitrogen and oxygen atoms in total. The van der Waals surface area contributed by atoms with Crippen molar-refractivity contribution in [1.29, 1.82) is 0 Å². The van der Waals surface area contributed by atoms with E-state index in [-0.39, 0.29) is 67.2 Å². The summed E-state index contributed by atoms with van der Waals surface area (Å²) in [4.78, 5) is 46.6. The largest absolute Gasteiger partial charge is 2.00 e. The third kappa shape index (κ3) is 6.85. The van der Waals surface area contributed by atoms with Crippen molar-refractivity contribution in [3.8, 4) is 0 Å². The maximum absolute atomic E-state index is 12.3. The molecular weight excluding hydrogens is 572 g/mol. The molecule has 0 amide bonds. The van der Waals surface area contributed by atoms with Crippen molar-refractivity contribution in [2.45, 2.75) is 13.1 Å². The van der Waals surface area contributed by atoms with Crippen molar-refractivity contribution in [2.24, 2.45) is 0 Å². The van der Waals surface area contributed by atoms with E-state index in [1.165, 1.54) is 0 Å². The van der Waals surface area contributed by atoms with Gasteiger partial charge in [0.15, 0.2) is 10.9 Å². The number of carbonyl (C=O) groups excluding carboxylic acids is 2. The Balaban J connectivity index is 0.000000265. The molecule has 6 aromatic rings. The SMILES string of the molecule is O.O=C([O-])Cn1c2ccccc2c(=O)c2ccccc21.O=C([O-])Cn1c2ccccc2c(=O)c2ccccc21.[Ca+2].[O-][OH2+]. The number of hydrogen-bond acceptors (Lipinski definition) is 7. The first-order valence-corrected chi connectivity index (χ1v) is 12.0. The fourth-order valence-electron chi connectivity index (χ4n) is 4.75. The smallest absolute Gasteiger partial charge is 0.548 e. The number of para-hydroxylation sites is 4. The molecule has 2 aromatic heterocycles. The van der Waals surface area contributed by atoms with E-state index < -0.39 is 11.9 Å². The topological polar surface area (TPSA) is 202 Å². The molecule has 0 aliphatic heterocycles. The van der Waals surface area contributed by atoms with Crippen LogP contribution in [-0.2, 0) is 22.7 Å². The monoisotopic (exact) mass is 596 g/mol. The number of carbonyl (C=O) groups is 2. The molecule has 2 heterocycles. The number of benzene rings is 4. The molecule has 4 N–H and O–H groups in total. The molecule has 0 atom stereocenters. The second kappa shape index (κ2) is 15.2. The van der Waals surface area contributed by atoms with E-state index in [0.29, 0.717) is 43.6 Å². The van der Waals surface area contributed by atoms with Crippen molar-refractivity contribution < 1.29 is 35.8 Å². The Bertz CT molecular complexity index is 1740. The van der Waals surface area contributed by atoms with Gasteiger partial charge in [-0.3, -0.25) is 9.59 Å². The molecule has 0 saturated heterocycles. The van der Waals surface area contributed by atoms with E-state index in [4.69, 9.17) is 5.26 Å². The Kier molecular flexibility index (Phi) is 12.4. The summed E-state index contributed by atoms with van der Waals surface area (Å²) in [5.74, 6) is -2.36. The van der Waals surface area contributed by atoms with Crippen LogP contribution in [0.15, 0.2) is 107 Å². The first kappa shape index (κ1) is 34.1. The predicted octanol–water partition coefficient (Wildman–Crippen LogP) is -1.41. The third-order valence-corrected chi connectivity index (χ3v) is 6.33. The van der Waals surface area contributed by atoms with Crippen LogP contribution in [0.2, 0.25) is 0 Å². The minimum Gasteiger partial charge on any atom is -0.548 e. The number of aliphatic carboxylic acids is 2. The molecular formula is C30H24CaN2O9. The molecule has 0 radical (unpaired) electrons. The fraction of sp³-hybridized carbons (Fsp3) is 0.0667. The Morgan fingerprint density at radius 2 is 0.738 bits per heavy atom. The van der Waals surface area contributed by atoms with E-state index in [9.17, 15) is 29.4 Å². The van der Waals surface area contributed by atoms with Gasteiger partial charge in [0.1, 0.15) is 0 Å². The summed E-state index contributed by atoms with van der Waals surface area (Å²) in [7, 11) is 0. The quantitative estimate of drug-likeness (QED) is 0.0781. The minimum atomic E-state index is -1.18. The summed E-state index contributed by atoms with van der Waals surface area (Å²) in [5.41, 5.74) is 2.26. The van der Waals surface area contributed by atoms with Gasteiger partial charge in [-0.25, -0.2) is 0 Å². The number of fused-ring (bicyclic) bond motifs is 4. The van der Waals surface area contributed by atoms with Crippen LogP contribution in [0.25, 0.3) is 43.6 Å². The number of aromatic nitrogens is 2. The van der Waals surface area contributed by atoms with Crippen LogP contribution in [-0.4, -0.2) is 69.5 Å². The van der Waals surface area contributed by atoms with Crippen molar-refractivity contribution in [2.75, 3.05) is 0 Å². The Labute approximate surface area is 267 Å². The second-order valence-electron chi connectivity index (χ2n) is 8.64. The zero-order chi connectivity index (χ0) is 28.8. The average molecular weight is 597 g/mol. The molecule has 4 aromatic carbocycles. The number of rotatable bonds is 4. The zero-order valence-electron chi connectivity index (χ0n) is 22.1. The minimum absolute atomic E-state index is 0. The van der Waals surface area contributed by atoms with Crippen LogP contribution >= 0.6 is 0 Å². The molecule has 0 fully saturated rings. The van der Waals surface area contributed by atoms with Crippen LogP contribution < -0.4 is 26.3 Å². The third-order valence-electron chi connectivity index (χ3n) is 6.33. The van der Waals surface area contributed by atoms with E-state index in [1.807, 2.05) is 0 Å². The number of nitrogens with zero attached hydrogens (tertiary/aromatic N) is 2. The van der Waals surface area contributed by atoms with E-state index in [2.05, 4.69) is 5.26 Å². The Morgan fingerprint density at radius 3 is 0.952 bits per heavy atom. The second-order valence-corrected chi connectivity index (χ2v) is 8.64. The van der Waals surface area contributed by atoms with Gasteiger partial charge in [-0.05, 0) is 48.5 Å². The molecule has 210 valence electrons. The van der Waals surface area contributed by atoms with E-state index in [0.717, 1.165) is 0 Å². The molecule has 0 unspecified atom stereocenters. The fourth-order valence-corrected chi connectivity index (χ4v) is 4.75. The predicted molar refractivity (Wildman–Crippen MR) is 154 cm³/mol. The van der Waals surface area contributed by atoms with Crippen LogP contribution in [0.5, 0.6) is 0 Å². The van der Waals surface area contributed by atoms with Gasteiger partial charge in [-0.2, -0.15) is 0 Å². The summed E-state index contributed by atoms with van der Waals surface area (Å²) in [6, 6.07) is 28.0. The normalized spacial score (nSPS) is 10.0. The van der Waals surface area contributed by atoms with Gasteiger partial charge in [-0.15, -0.1) is 0 Å². The van der Waals surface area contributed by atoms with E-state index >= 15 is 0 Å². The summed E-state index contributed by atoms with van der Waals surface area (Å²) >= 11 is 0. The summed E-state index contributed by atoms with van der Waals surface area (Å²) in [5, 5.41) is 35.9. The van der Waals surface area contributed by atoms with Gasteiger partial charge < -0.3 is 44.9 Å². The average Bonchev–Trinajstić information content (AvgIpc) is 2.98. The first-order valence-electron chi connectivity index (χ1n) is 12.0. The summed E-state index contributed by atoms with van der Waals surface area (Å²) in [6.07, 6.45) is 0. The Morgan fingerprint density at radius 1 is 0.524 bits per heavy atom. The molecule has 0 aliphatic carbocycles. The van der Waals surface area contributed by atoms with Gasteiger partial charge in [0, 0.05) is 21.5 Å². The van der Waals surface area contributed by atoms with Crippen LogP contribution in [0.3, 0.4) is 0 Å². The molecule has 6 rings (SSSR count). The molecule has 0 aliphatic rings. The van der Waals surface area contributed by atoms with Gasteiger partial charge in [-0.1, -0.05) is 48.5 Å². The molecule has 0 spiro atoms. The van der Waals surface area contributed by atoms with Crippen LogP contribution in [0, 0.1) is 0 Å². The van der Waals surface area contributed by atoms with Crippen LogP contribution in [0.4, 0.5) is 0 Å². The molecule has 0 bridgehead atoms. The molecule has 0 saturated carbocycles. The van der Waals surface area contributed by atoms with E-state index in [1.54, 1.807) is 106 Å². The molecule has 12 heteroatoms. The number of pyridine rings is 2. The van der Waals surface area contributed by atoms with Crippen molar-refractivity contribution >= 4 is 93.3 Å². The maximum Gasteiger partial charge on any atom is 2.00 e. The summed E-state index contributed by atoms with van der Waals surface area (Å²) < 4.78 is 3.20. The molecule has 42 heavy (non-hydrogen) atoms. The number of carboxylic acid groups (broad SMARTS) is 2. The van der Waals surface area contributed by atoms with Crippen molar-refractivity contribution in [1.82, 2.24) is 9.13 Å². The zero-order valence-corrected chi connectivity index (χ0v) is 24.3. The van der Waals surface area contributed by atoms with Crippen LogP contribution in [0.1, 0.15) is 0 Å². The maximum atomic E-state index is 12.3. The van der Waals surface area contributed by atoms with Gasteiger partial charge in [0.05, 0.1) is 47.1 Å². The Hall–Kier alpha value is -4.10.